The lowest BCUT2D eigenvalue weighted by molar-refractivity contribution is 0.561. The Hall–Kier alpha value is -0.680. The lowest BCUT2D eigenvalue weighted by atomic mass is 10.2. The number of nitrogens with zero attached hydrogens (tertiary/aromatic N) is 2. The van der Waals surface area contributed by atoms with E-state index in [1.807, 2.05) is 23.9 Å². The first-order valence-electron chi connectivity index (χ1n) is 5.59. The number of halogens is 1. The van der Waals surface area contributed by atoms with E-state index in [1.54, 1.807) is 0 Å². The third-order valence-corrected chi connectivity index (χ3v) is 4.09. The maximum Gasteiger partial charge on any atom is 0.201 e. The average Bonchev–Trinajstić information content (AvgIpc) is 2.62. The first-order valence-corrected chi connectivity index (χ1v) is 7.78. The van der Waals surface area contributed by atoms with Crippen LogP contribution in [0.3, 0.4) is 0 Å². The molecule has 92 valence electrons. The SMILES string of the molecule is CCC(CSC)n1c(N)nc2ccc(Br)cc21. The lowest BCUT2D eigenvalue weighted by Gasteiger charge is -2.17. The summed E-state index contributed by atoms with van der Waals surface area (Å²) in [5, 5.41) is 0. The van der Waals surface area contributed by atoms with Gasteiger partial charge in [-0.25, -0.2) is 4.98 Å². The molecule has 1 aromatic heterocycles. The molecule has 17 heavy (non-hydrogen) atoms. The molecule has 3 nitrogen and oxygen atoms in total. The van der Waals surface area contributed by atoms with Gasteiger partial charge in [-0.2, -0.15) is 11.8 Å². The number of hydrogen-bond donors (Lipinski definition) is 1. The number of nitrogen functional groups attached to an aromatic ring is 1. The van der Waals surface area contributed by atoms with Crippen LogP contribution >= 0.6 is 27.7 Å². The fourth-order valence-electron chi connectivity index (χ4n) is 2.04. The molecule has 0 fully saturated rings. The zero-order chi connectivity index (χ0) is 12.4. The second-order valence-corrected chi connectivity index (χ2v) is 5.82. The Kier molecular flexibility index (Phi) is 3.99. The molecule has 1 atom stereocenters. The van der Waals surface area contributed by atoms with E-state index >= 15 is 0 Å². The van der Waals surface area contributed by atoms with Crippen molar-refractivity contribution in [3.8, 4) is 0 Å². The highest BCUT2D eigenvalue weighted by molar-refractivity contribution is 9.10. The highest BCUT2D eigenvalue weighted by Gasteiger charge is 2.16. The van der Waals surface area contributed by atoms with E-state index in [1.165, 1.54) is 0 Å². The van der Waals surface area contributed by atoms with E-state index in [2.05, 4.69) is 44.7 Å². The zero-order valence-corrected chi connectivity index (χ0v) is 12.4. The molecule has 2 N–H and O–H groups in total. The van der Waals surface area contributed by atoms with E-state index in [-0.39, 0.29) is 0 Å². The summed E-state index contributed by atoms with van der Waals surface area (Å²) < 4.78 is 3.21. The first kappa shape index (κ1) is 12.8. The van der Waals surface area contributed by atoms with Crippen LogP contribution < -0.4 is 5.73 Å². The summed E-state index contributed by atoms with van der Waals surface area (Å²) in [4.78, 5) is 4.42. The molecule has 1 unspecified atom stereocenters. The van der Waals surface area contributed by atoms with E-state index < -0.39 is 0 Å². The third kappa shape index (κ3) is 2.45. The minimum Gasteiger partial charge on any atom is -0.369 e. The Bertz CT molecular complexity index is 524. The molecule has 0 amide bonds. The van der Waals surface area contributed by atoms with Crippen molar-refractivity contribution in [1.29, 1.82) is 0 Å². The molecular formula is C12H16BrN3S. The van der Waals surface area contributed by atoms with Crippen molar-refractivity contribution in [2.75, 3.05) is 17.7 Å². The standard InChI is InChI=1S/C12H16BrN3S/c1-3-9(7-17-2)16-11-6-8(13)4-5-10(11)15-12(16)14/h4-6,9H,3,7H2,1-2H3,(H2,14,15). The van der Waals surface area contributed by atoms with E-state index in [0.717, 1.165) is 27.7 Å². The number of benzene rings is 1. The number of nitrogens with two attached hydrogens (primary N) is 1. The largest absolute Gasteiger partial charge is 0.369 e. The van der Waals surface area contributed by atoms with Gasteiger partial charge in [0.2, 0.25) is 5.95 Å². The molecule has 0 aliphatic carbocycles. The van der Waals surface area contributed by atoms with Gasteiger partial charge in [0.1, 0.15) is 0 Å². The van der Waals surface area contributed by atoms with Gasteiger partial charge in [-0.15, -0.1) is 0 Å². The molecule has 0 bridgehead atoms. The number of hydrogen-bond acceptors (Lipinski definition) is 3. The van der Waals surface area contributed by atoms with Gasteiger partial charge in [-0.05, 0) is 30.9 Å². The fourth-order valence-corrected chi connectivity index (χ4v) is 3.15. The zero-order valence-electron chi connectivity index (χ0n) is 9.98. The van der Waals surface area contributed by atoms with Crippen molar-refractivity contribution >= 4 is 44.7 Å². The number of aromatic nitrogens is 2. The summed E-state index contributed by atoms with van der Waals surface area (Å²) in [5.41, 5.74) is 8.11. The smallest absolute Gasteiger partial charge is 0.201 e. The Balaban J connectivity index is 2.57. The van der Waals surface area contributed by atoms with Crippen LogP contribution in [0.15, 0.2) is 22.7 Å². The Labute approximate surface area is 114 Å². The number of thioether (sulfide) groups is 1. The molecule has 0 radical (unpaired) electrons. The van der Waals surface area contributed by atoms with Crippen LogP contribution in [0.2, 0.25) is 0 Å². The summed E-state index contributed by atoms with van der Waals surface area (Å²) in [6, 6.07) is 6.48. The van der Waals surface area contributed by atoms with Crippen LogP contribution in [-0.4, -0.2) is 21.6 Å². The second kappa shape index (κ2) is 5.31. The topological polar surface area (TPSA) is 43.8 Å². The van der Waals surface area contributed by atoms with E-state index in [9.17, 15) is 0 Å². The lowest BCUT2D eigenvalue weighted by Crippen LogP contribution is -2.13. The normalized spacial score (nSPS) is 13.1. The first-order chi connectivity index (χ1) is 8.17. The maximum absolute atomic E-state index is 6.04. The number of fused-ring (bicyclic) bond motifs is 1. The van der Waals surface area contributed by atoms with Crippen molar-refractivity contribution in [3.63, 3.8) is 0 Å². The van der Waals surface area contributed by atoms with Gasteiger partial charge < -0.3 is 10.3 Å². The van der Waals surface area contributed by atoms with Crippen LogP contribution in [0.25, 0.3) is 11.0 Å². The molecule has 1 heterocycles. The molecule has 2 aromatic rings. The molecule has 5 heteroatoms. The number of anilines is 1. The molecule has 0 saturated heterocycles. The van der Waals surface area contributed by atoms with Crippen molar-refractivity contribution < 1.29 is 0 Å². The highest BCUT2D eigenvalue weighted by atomic mass is 79.9. The van der Waals surface area contributed by atoms with Crippen molar-refractivity contribution in [2.45, 2.75) is 19.4 Å². The van der Waals surface area contributed by atoms with E-state index in [0.29, 0.717) is 12.0 Å². The van der Waals surface area contributed by atoms with Gasteiger partial charge in [0.15, 0.2) is 0 Å². The van der Waals surface area contributed by atoms with Gasteiger partial charge >= 0.3 is 0 Å². The van der Waals surface area contributed by atoms with Crippen molar-refractivity contribution in [2.24, 2.45) is 0 Å². The van der Waals surface area contributed by atoms with Gasteiger partial charge in [0, 0.05) is 16.3 Å². The minimum atomic E-state index is 0.407. The van der Waals surface area contributed by atoms with Crippen LogP contribution in [0.1, 0.15) is 19.4 Å². The summed E-state index contributed by atoms with van der Waals surface area (Å²) in [7, 11) is 0. The Morgan fingerprint density at radius 2 is 2.29 bits per heavy atom. The molecule has 0 saturated carbocycles. The second-order valence-electron chi connectivity index (χ2n) is 3.99. The molecule has 1 aromatic carbocycles. The van der Waals surface area contributed by atoms with E-state index in [4.69, 9.17) is 5.73 Å². The molecule has 0 aliphatic heterocycles. The quantitative estimate of drug-likeness (QED) is 0.936. The van der Waals surface area contributed by atoms with Crippen LogP contribution in [-0.2, 0) is 0 Å². The Morgan fingerprint density at radius 1 is 1.53 bits per heavy atom. The minimum absolute atomic E-state index is 0.407. The van der Waals surface area contributed by atoms with Crippen LogP contribution in [0.5, 0.6) is 0 Å². The van der Waals surface area contributed by atoms with Crippen molar-refractivity contribution in [1.82, 2.24) is 9.55 Å². The molecule has 2 rings (SSSR count). The van der Waals surface area contributed by atoms with Gasteiger partial charge in [0.05, 0.1) is 11.0 Å². The van der Waals surface area contributed by atoms with Crippen molar-refractivity contribution in [3.05, 3.63) is 22.7 Å². The van der Waals surface area contributed by atoms with Gasteiger partial charge in [0.25, 0.3) is 0 Å². The number of rotatable bonds is 4. The number of imidazole rings is 1. The van der Waals surface area contributed by atoms with Gasteiger partial charge in [-0.1, -0.05) is 22.9 Å². The van der Waals surface area contributed by atoms with Crippen LogP contribution in [0.4, 0.5) is 5.95 Å². The summed E-state index contributed by atoms with van der Waals surface area (Å²) in [6.07, 6.45) is 3.18. The summed E-state index contributed by atoms with van der Waals surface area (Å²) >= 11 is 5.34. The average molecular weight is 314 g/mol. The van der Waals surface area contributed by atoms with Gasteiger partial charge in [-0.3, -0.25) is 0 Å². The maximum atomic E-state index is 6.04. The fraction of sp³-hybridized carbons (Fsp3) is 0.417. The Morgan fingerprint density at radius 3 is 2.94 bits per heavy atom. The summed E-state index contributed by atoms with van der Waals surface area (Å²) in [6.45, 7) is 2.18. The molecular weight excluding hydrogens is 298 g/mol. The van der Waals surface area contributed by atoms with Crippen LogP contribution in [0, 0.1) is 0 Å². The predicted molar refractivity (Wildman–Crippen MR) is 79.6 cm³/mol. The predicted octanol–water partition coefficient (Wildman–Crippen LogP) is 3.70. The monoisotopic (exact) mass is 313 g/mol. The molecule has 0 aliphatic rings. The third-order valence-electron chi connectivity index (χ3n) is 2.87. The molecule has 0 spiro atoms. The summed E-state index contributed by atoms with van der Waals surface area (Å²) in [5.74, 6) is 1.66. The highest BCUT2D eigenvalue weighted by Crippen LogP contribution is 2.28.